The fraction of sp³-hybridized carbons (Fsp3) is 0.333. The summed E-state index contributed by atoms with van der Waals surface area (Å²) in [5.74, 6) is 0.608. The zero-order valence-electron chi connectivity index (χ0n) is 15.7. The van der Waals surface area contributed by atoms with Crippen molar-refractivity contribution in [3.63, 3.8) is 0 Å². The van der Waals surface area contributed by atoms with Gasteiger partial charge in [0.2, 0.25) is 5.91 Å². The van der Waals surface area contributed by atoms with Crippen molar-refractivity contribution in [1.82, 2.24) is 10.3 Å². The Morgan fingerprint density at radius 2 is 2.00 bits per heavy atom. The van der Waals surface area contributed by atoms with E-state index in [0.717, 1.165) is 47.1 Å². The van der Waals surface area contributed by atoms with Gasteiger partial charge in [0.1, 0.15) is 17.1 Å². The summed E-state index contributed by atoms with van der Waals surface area (Å²) in [4.78, 5) is 19.1. The molecule has 1 fully saturated rings. The number of para-hydroxylation sites is 1. The summed E-state index contributed by atoms with van der Waals surface area (Å²) in [5, 5.41) is 3.86. The van der Waals surface area contributed by atoms with Crippen molar-refractivity contribution >= 4 is 32.6 Å². The van der Waals surface area contributed by atoms with Crippen LogP contribution in [0, 0.1) is 11.7 Å². The van der Waals surface area contributed by atoms with E-state index < -0.39 is 0 Å². The molecule has 1 saturated heterocycles. The number of anilines is 1. The van der Waals surface area contributed by atoms with E-state index in [1.54, 1.807) is 13.2 Å². The quantitative estimate of drug-likeness (QED) is 0.705. The second kappa shape index (κ2) is 8.14. The molecule has 1 aliphatic heterocycles. The Morgan fingerprint density at radius 1 is 1.25 bits per heavy atom. The minimum Gasteiger partial charge on any atom is -0.497 e. The zero-order valence-corrected chi connectivity index (χ0v) is 16.5. The second-order valence-electron chi connectivity index (χ2n) is 6.91. The van der Waals surface area contributed by atoms with E-state index in [1.165, 1.54) is 17.4 Å². The number of hydrogen-bond acceptors (Lipinski definition) is 5. The molecule has 0 aliphatic carbocycles. The van der Waals surface area contributed by atoms with E-state index in [2.05, 4.69) is 15.2 Å². The number of aromatic nitrogens is 1. The van der Waals surface area contributed by atoms with E-state index in [9.17, 15) is 9.18 Å². The Morgan fingerprint density at radius 3 is 2.68 bits per heavy atom. The Bertz CT molecular complexity index is 965. The van der Waals surface area contributed by atoms with Crippen LogP contribution in [0.4, 0.5) is 9.52 Å². The van der Waals surface area contributed by atoms with Gasteiger partial charge in [0.05, 0.1) is 11.8 Å². The molecule has 0 radical (unpaired) electrons. The molecular formula is C21H22FN3O2S. The number of carbonyl (C=O) groups excluding carboxylic acids is 1. The number of hydrogen-bond donors (Lipinski definition) is 1. The number of methoxy groups -OCH3 is 1. The molecule has 1 amide bonds. The van der Waals surface area contributed by atoms with Crippen LogP contribution in [0.25, 0.3) is 10.2 Å². The maximum atomic E-state index is 13.9. The highest BCUT2D eigenvalue weighted by Crippen LogP contribution is 2.32. The molecule has 5 nitrogen and oxygen atoms in total. The number of rotatable bonds is 5. The summed E-state index contributed by atoms with van der Waals surface area (Å²) in [5.41, 5.74) is 1.48. The number of carbonyl (C=O) groups is 1. The Hall–Kier alpha value is -2.67. The molecule has 0 unspecified atom stereocenters. The van der Waals surface area contributed by atoms with Crippen molar-refractivity contribution in [2.75, 3.05) is 25.1 Å². The van der Waals surface area contributed by atoms with Crippen LogP contribution in [-0.2, 0) is 11.3 Å². The maximum absolute atomic E-state index is 13.9. The Balaban J connectivity index is 1.31. The number of fused-ring (bicyclic) bond motifs is 1. The van der Waals surface area contributed by atoms with Crippen molar-refractivity contribution in [2.24, 2.45) is 5.92 Å². The van der Waals surface area contributed by atoms with Gasteiger partial charge in [0, 0.05) is 25.6 Å². The van der Waals surface area contributed by atoms with E-state index in [1.807, 2.05) is 30.3 Å². The Kier molecular flexibility index (Phi) is 5.43. The van der Waals surface area contributed by atoms with Gasteiger partial charge in [0.25, 0.3) is 0 Å². The van der Waals surface area contributed by atoms with Crippen molar-refractivity contribution < 1.29 is 13.9 Å². The highest BCUT2D eigenvalue weighted by Gasteiger charge is 2.26. The van der Waals surface area contributed by atoms with E-state index in [4.69, 9.17) is 4.74 Å². The first kappa shape index (κ1) is 18.7. The first-order chi connectivity index (χ1) is 13.6. The van der Waals surface area contributed by atoms with Crippen LogP contribution in [0.1, 0.15) is 18.4 Å². The monoisotopic (exact) mass is 399 g/mol. The maximum Gasteiger partial charge on any atom is 0.223 e. The molecule has 146 valence electrons. The number of piperidine rings is 1. The summed E-state index contributed by atoms with van der Waals surface area (Å²) in [6.45, 7) is 2.02. The average Bonchev–Trinajstić information content (AvgIpc) is 3.18. The number of halogens is 1. The molecule has 3 aromatic rings. The zero-order chi connectivity index (χ0) is 19.5. The van der Waals surface area contributed by atoms with Gasteiger partial charge < -0.3 is 15.0 Å². The van der Waals surface area contributed by atoms with Crippen molar-refractivity contribution in [3.05, 3.63) is 53.8 Å². The highest BCUT2D eigenvalue weighted by molar-refractivity contribution is 7.22. The molecule has 7 heteroatoms. The molecule has 0 saturated carbocycles. The fourth-order valence-electron chi connectivity index (χ4n) is 3.45. The van der Waals surface area contributed by atoms with Gasteiger partial charge >= 0.3 is 0 Å². The van der Waals surface area contributed by atoms with Crippen LogP contribution in [-0.4, -0.2) is 31.1 Å². The summed E-state index contributed by atoms with van der Waals surface area (Å²) in [6.07, 6.45) is 1.54. The lowest BCUT2D eigenvalue weighted by Gasteiger charge is -2.31. The summed E-state index contributed by atoms with van der Waals surface area (Å²) in [7, 11) is 1.63. The SMILES string of the molecule is COc1ccc(CNC(=O)C2CCN(c3nc4c(F)cccc4s3)CC2)cc1. The highest BCUT2D eigenvalue weighted by atomic mass is 32.1. The first-order valence-electron chi connectivity index (χ1n) is 9.34. The number of benzene rings is 2. The van der Waals surface area contributed by atoms with Crippen molar-refractivity contribution in [2.45, 2.75) is 19.4 Å². The van der Waals surface area contributed by atoms with Crippen LogP contribution in [0.3, 0.4) is 0 Å². The van der Waals surface area contributed by atoms with Crippen LogP contribution in [0.15, 0.2) is 42.5 Å². The number of nitrogens with zero attached hydrogens (tertiary/aromatic N) is 2. The smallest absolute Gasteiger partial charge is 0.223 e. The summed E-state index contributed by atoms with van der Waals surface area (Å²) >= 11 is 1.50. The summed E-state index contributed by atoms with van der Waals surface area (Å²) in [6, 6.07) is 12.7. The van der Waals surface area contributed by atoms with Gasteiger partial charge in [-0.15, -0.1) is 0 Å². The lowest BCUT2D eigenvalue weighted by molar-refractivity contribution is -0.125. The molecule has 2 aromatic carbocycles. The second-order valence-corrected chi connectivity index (χ2v) is 7.92. The lowest BCUT2D eigenvalue weighted by Crippen LogP contribution is -2.40. The molecular weight excluding hydrogens is 377 g/mol. The van der Waals surface area contributed by atoms with Crippen LogP contribution >= 0.6 is 11.3 Å². The third-order valence-corrected chi connectivity index (χ3v) is 6.20. The standard InChI is InChI=1S/C21H22FN3O2S/c1-27-16-7-5-14(6-8-16)13-23-20(26)15-9-11-25(12-10-15)21-24-19-17(22)3-2-4-18(19)28-21/h2-8,15H,9-13H2,1H3,(H,23,26). The van der Waals surface area contributed by atoms with Crippen LogP contribution in [0.2, 0.25) is 0 Å². The van der Waals surface area contributed by atoms with E-state index >= 15 is 0 Å². The number of thiazole rings is 1. The predicted molar refractivity (Wildman–Crippen MR) is 109 cm³/mol. The van der Waals surface area contributed by atoms with Crippen LogP contribution in [0.5, 0.6) is 5.75 Å². The van der Waals surface area contributed by atoms with Crippen molar-refractivity contribution in [1.29, 1.82) is 0 Å². The molecule has 0 atom stereocenters. The lowest BCUT2D eigenvalue weighted by atomic mass is 9.96. The summed E-state index contributed by atoms with van der Waals surface area (Å²) < 4.78 is 19.9. The van der Waals surface area contributed by atoms with Gasteiger partial charge in [0.15, 0.2) is 5.13 Å². The molecule has 4 rings (SSSR count). The van der Waals surface area contributed by atoms with Gasteiger partial charge in [-0.3, -0.25) is 4.79 Å². The van der Waals surface area contributed by atoms with Crippen molar-refractivity contribution in [3.8, 4) is 5.75 Å². The average molecular weight is 399 g/mol. The number of amides is 1. The minimum absolute atomic E-state index is 0.000567. The van der Waals surface area contributed by atoms with Gasteiger partial charge in [-0.25, -0.2) is 9.37 Å². The topological polar surface area (TPSA) is 54.5 Å². The number of ether oxygens (including phenoxy) is 1. The van der Waals surface area contributed by atoms with E-state index in [0.29, 0.717) is 12.1 Å². The molecule has 1 aromatic heterocycles. The molecule has 0 bridgehead atoms. The first-order valence-corrected chi connectivity index (χ1v) is 10.2. The normalized spacial score (nSPS) is 15.0. The largest absolute Gasteiger partial charge is 0.497 e. The minimum atomic E-state index is -0.284. The van der Waals surface area contributed by atoms with Crippen LogP contribution < -0.4 is 15.0 Å². The molecule has 0 spiro atoms. The van der Waals surface area contributed by atoms with Gasteiger partial charge in [-0.1, -0.05) is 29.5 Å². The molecule has 1 N–H and O–H groups in total. The Labute approximate surface area is 167 Å². The molecule has 1 aliphatic rings. The van der Waals surface area contributed by atoms with Gasteiger partial charge in [-0.2, -0.15) is 0 Å². The predicted octanol–water partition coefficient (Wildman–Crippen LogP) is 3.98. The molecule has 2 heterocycles. The third kappa shape index (κ3) is 3.94. The fourth-order valence-corrected chi connectivity index (χ4v) is 4.48. The van der Waals surface area contributed by atoms with E-state index in [-0.39, 0.29) is 17.6 Å². The van der Waals surface area contributed by atoms with Gasteiger partial charge in [-0.05, 0) is 42.7 Å². The third-order valence-electron chi connectivity index (χ3n) is 5.12. The number of nitrogens with one attached hydrogen (secondary N) is 1. The molecule has 28 heavy (non-hydrogen) atoms.